The van der Waals surface area contributed by atoms with Gasteiger partial charge in [-0.3, -0.25) is 0 Å². The van der Waals surface area contributed by atoms with Crippen LogP contribution in [0.3, 0.4) is 0 Å². The summed E-state index contributed by atoms with van der Waals surface area (Å²) in [4.78, 5) is 11.2. The van der Waals surface area contributed by atoms with E-state index in [9.17, 15) is 9.18 Å². The van der Waals surface area contributed by atoms with E-state index in [1.165, 1.54) is 0 Å². The number of benzene rings is 1. The third-order valence-electron chi connectivity index (χ3n) is 1.67. The maximum atomic E-state index is 13.7. The quantitative estimate of drug-likeness (QED) is 0.485. The molecule has 80 valence electrons. The van der Waals surface area contributed by atoms with Gasteiger partial charge in [0.1, 0.15) is 3.58 Å². The lowest BCUT2D eigenvalue weighted by Gasteiger charge is -2.02. The Labute approximate surface area is 101 Å². The molecule has 0 radical (unpaired) electrons. The number of hydrogen-bond acceptors (Lipinski definition) is 2. The Morgan fingerprint density at radius 2 is 2.00 bits per heavy atom. The summed E-state index contributed by atoms with van der Waals surface area (Å²) in [7, 11) is 0. The predicted molar refractivity (Wildman–Crippen MR) is 65.1 cm³/mol. The largest absolute Gasteiger partial charge is 0.462 e. The van der Waals surface area contributed by atoms with Crippen molar-refractivity contribution in [1.29, 1.82) is 0 Å². The van der Waals surface area contributed by atoms with Gasteiger partial charge in [0.05, 0.1) is 6.61 Å². The fourth-order valence-electron chi connectivity index (χ4n) is 0.995. The zero-order chi connectivity index (χ0) is 11.3. The van der Waals surface area contributed by atoms with Crippen molar-refractivity contribution in [1.82, 2.24) is 0 Å². The van der Waals surface area contributed by atoms with Crippen molar-refractivity contribution in [3.8, 4) is 0 Å². The van der Waals surface area contributed by atoms with Gasteiger partial charge in [-0.15, -0.1) is 0 Å². The fraction of sp³-hybridized carbons (Fsp3) is 0.182. The fourth-order valence-corrected chi connectivity index (χ4v) is 1.46. The van der Waals surface area contributed by atoms with Crippen LogP contribution in [0.1, 0.15) is 12.5 Å². The molecule has 0 aliphatic rings. The van der Waals surface area contributed by atoms with Gasteiger partial charge >= 0.3 is 5.97 Å². The van der Waals surface area contributed by atoms with Crippen LogP contribution in [0, 0.1) is 0 Å². The maximum Gasteiger partial charge on any atom is 0.347 e. The number of carbonyl (C=O) groups excluding carboxylic acids is 1. The summed E-state index contributed by atoms with van der Waals surface area (Å²) in [5.74, 6) is -1.17. The summed E-state index contributed by atoms with van der Waals surface area (Å²) in [6.45, 7) is 1.93. The molecule has 0 spiro atoms. The van der Waals surface area contributed by atoms with E-state index >= 15 is 0 Å². The van der Waals surface area contributed by atoms with Crippen LogP contribution in [0.2, 0.25) is 0 Å². The highest BCUT2D eigenvalue weighted by Crippen LogP contribution is 2.25. The van der Waals surface area contributed by atoms with Gasteiger partial charge in [0, 0.05) is 5.56 Å². The first-order valence-corrected chi connectivity index (χ1v) is 5.52. The molecule has 0 aliphatic heterocycles. The lowest BCUT2D eigenvalue weighted by Crippen LogP contribution is -2.04. The number of carbonyl (C=O) groups is 1. The van der Waals surface area contributed by atoms with Crippen molar-refractivity contribution in [3.63, 3.8) is 0 Å². The van der Waals surface area contributed by atoms with Crippen molar-refractivity contribution in [2.45, 2.75) is 6.92 Å². The molecule has 0 aromatic heterocycles. The molecule has 1 rings (SSSR count). The molecule has 0 heterocycles. The Kier molecular flexibility index (Phi) is 4.74. The van der Waals surface area contributed by atoms with Crippen molar-refractivity contribution in [2.75, 3.05) is 6.61 Å². The van der Waals surface area contributed by atoms with Crippen molar-refractivity contribution < 1.29 is 13.9 Å². The van der Waals surface area contributed by atoms with Crippen LogP contribution in [0.25, 0.3) is 5.83 Å². The van der Waals surface area contributed by atoms with E-state index in [2.05, 4.69) is 0 Å². The Bertz CT molecular complexity index is 373. The Hall–Kier alpha value is -0.910. The number of hydrogen-bond donors (Lipinski definition) is 0. The molecule has 0 saturated carbocycles. The van der Waals surface area contributed by atoms with Crippen LogP contribution in [0.5, 0.6) is 0 Å². The molecule has 4 heteroatoms. The molecular weight excluding hydrogens is 310 g/mol. The molecule has 0 unspecified atom stereocenters. The molecule has 15 heavy (non-hydrogen) atoms. The molecule has 2 nitrogen and oxygen atoms in total. The topological polar surface area (TPSA) is 26.3 Å². The minimum Gasteiger partial charge on any atom is -0.462 e. The van der Waals surface area contributed by atoms with Gasteiger partial charge in [0.25, 0.3) is 0 Å². The van der Waals surface area contributed by atoms with Crippen LogP contribution >= 0.6 is 22.6 Å². The van der Waals surface area contributed by atoms with E-state index in [0.29, 0.717) is 5.56 Å². The summed E-state index contributed by atoms with van der Waals surface area (Å²) in [6, 6.07) is 8.42. The smallest absolute Gasteiger partial charge is 0.347 e. The normalized spacial score (nSPS) is 11.9. The second-order valence-corrected chi connectivity index (χ2v) is 3.79. The van der Waals surface area contributed by atoms with E-state index in [1.807, 2.05) is 0 Å². The molecule has 0 bridgehead atoms. The lowest BCUT2D eigenvalue weighted by molar-refractivity contribution is -0.137. The first-order chi connectivity index (χ1) is 7.16. The monoisotopic (exact) mass is 320 g/mol. The van der Waals surface area contributed by atoms with Crippen molar-refractivity contribution >= 4 is 34.4 Å². The summed E-state index contributed by atoms with van der Waals surface area (Å²) in [5.41, 5.74) is 0.384. The summed E-state index contributed by atoms with van der Waals surface area (Å²) >= 11 is 1.65. The summed E-state index contributed by atoms with van der Waals surface area (Å²) < 4.78 is 18.3. The third-order valence-corrected chi connectivity index (χ3v) is 2.59. The zero-order valence-corrected chi connectivity index (χ0v) is 10.3. The average molecular weight is 320 g/mol. The Balaban J connectivity index is 2.95. The molecule has 0 N–H and O–H groups in total. The van der Waals surface area contributed by atoms with Crippen LogP contribution < -0.4 is 0 Å². The van der Waals surface area contributed by atoms with E-state index in [0.717, 1.165) is 0 Å². The first kappa shape index (κ1) is 12.2. The van der Waals surface area contributed by atoms with Gasteiger partial charge in [0.2, 0.25) is 0 Å². The van der Waals surface area contributed by atoms with Gasteiger partial charge in [0.15, 0.2) is 5.83 Å². The second kappa shape index (κ2) is 5.85. The van der Waals surface area contributed by atoms with E-state index < -0.39 is 11.8 Å². The summed E-state index contributed by atoms with van der Waals surface area (Å²) in [6.07, 6.45) is 0. The minimum atomic E-state index is -0.626. The molecule has 1 aromatic rings. The highest BCUT2D eigenvalue weighted by atomic mass is 127. The Morgan fingerprint density at radius 3 is 2.53 bits per heavy atom. The lowest BCUT2D eigenvalue weighted by atomic mass is 10.2. The van der Waals surface area contributed by atoms with Crippen LogP contribution in [0.4, 0.5) is 4.39 Å². The molecule has 0 fully saturated rings. The SMILES string of the molecule is CCOC(=O)C(I)=C(F)c1ccccc1. The van der Waals surface area contributed by atoms with Gasteiger partial charge in [-0.2, -0.15) is 0 Å². The van der Waals surface area contributed by atoms with Crippen LogP contribution in [-0.4, -0.2) is 12.6 Å². The van der Waals surface area contributed by atoms with Crippen molar-refractivity contribution in [2.24, 2.45) is 0 Å². The van der Waals surface area contributed by atoms with Gasteiger partial charge < -0.3 is 4.74 Å². The second-order valence-electron chi connectivity index (χ2n) is 2.71. The Morgan fingerprint density at radius 1 is 1.40 bits per heavy atom. The van der Waals surface area contributed by atoms with E-state index in [4.69, 9.17) is 4.74 Å². The number of esters is 1. The maximum absolute atomic E-state index is 13.7. The highest BCUT2D eigenvalue weighted by molar-refractivity contribution is 14.1. The van der Waals surface area contributed by atoms with E-state index in [1.54, 1.807) is 59.8 Å². The average Bonchev–Trinajstić information content (AvgIpc) is 2.28. The van der Waals surface area contributed by atoms with Crippen LogP contribution in [0.15, 0.2) is 33.9 Å². The van der Waals surface area contributed by atoms with Gasteiger partial charge in [-0.25, -0.2) is 9.18 Å². The number of ether oxygens (including phenoxy) is 1. The number of rotatable bonds is 3. The summed E-state index contributed by atoms with van der Waals surface area (Å²) in [5, 5.41) is 0. The zero-order valence-electron chi connectivity index (χ0n) is 8.17. The first-order valence-electron chi connectivity index (χ1n) is 4.44. The highest BCUT2D eigenvalue weighted by Gasteiger charge is 2.14. The van der Waals surface area contributed by atoms with Gasteiger partial charge in [-0.05, 0) is 29.5 Å². The predicted octanol–water partition coefficient (Wildman–Crippen LogP) is 3.32. The molecule has 0 amide bonds. The van der Waals surface area contributed by atoms with Gasteiger partial charge in [-0.1, -0.05) is 30.3 Å². The molecular formula is C11H10FIO2. The minimum absolute atomic E-state index is 0.0272. The molecule has 0 aliphatic carbocycles. The van der Waals surface area contributed by atoms with Crippen molar-refractivity contribution in [3.05, 3.63) is 39.5 Å². The molecule has 0 atom stereocenters. The molecule has 0 saturated heterocycles. The number of halogens is 2. The standard InChI is InChI=1S/C11H10FIO2/c1-2-15-11(14)10(13)9(12)8-6-4-3-5-7-8/h3-7H,2H2,1H3. The van der Waals surface area contributed by atoms with E-state index in [-0.39, 0.29) is 10.2 Å². The third kappa shape index (κ3) is 3.30. The molecule has 1 aromatic carbocycles. The van der Waals surface area contributed by atoms with Crippen LogP contribution in [-0.2, 0) is 9.53 Å².